The number of hydrogen-bond donors (Lipinski definition) is 1. The first-order valence-electron chi connectivity index (χ1n) is 16.4. The standard InChI is InChI=1S/C31H40ClN7O5S/c1-6-24-26(36-12-14-37(15-13-36)30(42)44-31(2,3)4)28(41)39-29(34-27(35-39)20-9-7-8-16-43-19-20)38(24)18-25(40)33-23-11-10-21(45-5)17-22(23)32/h9-11,17H,6-8,12-16,18-19H2,1-5H3,(H,33,40)/i5D3. The van der Waals surface area contributed by atoms with Gasteiger partial charge in [-0.2, -0.15) is 9.50 Å². The summed E-state index contributed by atoms with van der Waals surface area (Å²) < 4.78 is 36.6. The predicted octanol–water partition coefficient (Wildman–Crippen LogP) is 4.72. The van der Waals surface area contributed by atoms with Crippen LogP contribution in [0.2, 0.25) is 5.02 Å². The van der Waals surface area contributed by atoms with E-state index in [9.17, 15) is 14.4 Å². The van der Waals surface area contributed by atoms with Crippen LogP contribution in [0.25, 0.3) is 11.4 Å². The van der Waals surface area contributed by atoms with Crippen LogP contribution in [0.15, 0.2) is 34.0 Å². The Kier molecular flexibility index (Phi) is 8.88. The van der Waals surface area contributed by atoms with Gasteiger partial charge in [0.05, 0.1) is 23.0 Å². The molecule has 0 atom stereocenters. The summed E-state index contributed by atoms with van der Waals surface area (Å²) in [5.74, 6) is 0.122. The van der Waals surface area contributed by atoms with Crippen molar-refractivity contribution in [3.63, 3.8) is 0 Å². The average Bonchev–Trinajstić information content (AvgIpc) is 3.27. The molecule has 45 heavy (non-hydrogen) atoms. The number of anilines is 2. The zero-order chi connectivity index (χ0) is 34.8. The first kappa shape index (κ1) is 28.9. The highest BCUT2D eigenvalue weighted by Crippen LogP contribution is 2.28. The van der Waals surface area contributed by atoms with Crippen LogP contribution in [0.4, 0.5) is 16.2 Å². The third kappa shape index (κ3) is 7.47. The first-order chi connectivity index (χ1) is 22.6. The summed E-state index contributed by atoms with van der Waals surface area (Å²) in [6.07, 6.45) is 1.41. The number of hydrogen-bond acceptors (Lipinski definition) is 9. The van der Waals surface area contributed by atoms with Crippen LogP contribution in [0.5, 0.6) is 0 Å². The molecule has 4 heterocycles. The maximum absolute atomic E-state index is 14.2. The minimum Gasteiger partial charge on any atom is -0.444 e. The molecule has 2 aromatic heterocycles. The van der Waals surface area contributed by atoms with E-state index in [-0.39, 0.29) is 22.9 Å². The molecule has 12 nitrogen and oxygen atoms in total. The van der Waals surface area contributed by atoms with Gasteiger partial charge in [0.2, 0.25) is 11.7 Å². The lowest BCUT2D eigenvalue weighted by molar-refractivity contribution is -0.116. The van der Waals surface area contributed by atoms with Crippen LogP contribution in [-0.2, 0) is 27.2 Å². The molecular weight excluding hydrogens is 618 g/mol. The van der Waals surface area contributed by atoms with Gasteiger partial charge in [-0.25, -0.2) is 4.79 Å². The third-order valence-corrected chi connectivity index (χ3v) is 8.27. The van der Waals surface area contributed by atoms with E-state index in [4.69, 9.17) is 30.2 Å². The van der Waals surface area contributed by atoms with Gasteiger partial charge >= 0.3 is 6.09 Å². The normalized spacial score (nSPS) is 17.3. The van der Waals surface area contributed by atoms with Crippen LogP contribution < -0.4 is 15.8 Å². The highest BCUT2D eigenvalue weighted by molar-refractivity contribution is 7.98. The lowest BCUT2D eigenvalue weighted by atomic mass is 10.2. The maximum Gasteiger partial charge on any atom is 0.410 e. The summed E-state index contributed by atoms with van der Waals surface area (Å²) >= 11 is 7.12. The molecule has 0 unspecified atom stereocenters. The van der Waals surface area contributed by atoms with Crippen LogP contribution in [-0.4, -0.2) is 87.2 Å². The molecular formula is C31H40ClN7O5S. The van der Waals surface area contributed by atoms with E-state index in [1.807, 2.05) is 38.7 Å². The zero-order valence-electron chi connectivity index (χ0n) is 28.9. The van der Waals surface area contributed by atoms with E-state index in [1.54, 1.807) is 21.6 Å². The van der Waals surface area contributed by atoms with Crippen molar-refractivity contribution in [1.29, 1.82) is 0 Å². The number of nitrogens with one attached hydrogen (secondary N) is 1. The van der Waals surface area contributed by atoms with Crippen LogP contribution in [0.3, 0.4) is 0 Å². The highest BCUT2D eigenvalue weighted by Gasteiger charge is 2.30. The summed E-state index contributed by atoms with van der Waals surface area (Å²) in [5, 5.41) is 7.61. The van der Waals surface area contributed by atoms with Gasteiger partial charge in [0, 0.05) is 47.4 Å². The summed E-state index contributed by atoms with van der Waals surface area (Å²) in [6.45, 7) is 9.47. The quantitative estimate of drug-likeness (QED) is 0.359. The fourth-order valence-corrected chi connectivity index (χ4v) is 5.96. The maximum atomic E-state index is 14.2. The largest absolute Gasteiger partial charge is 0.444 e. The number of rotatable bonds is 7. The monoisotopic (exact) mass is 660 g/mol. The molecule has 1 fully saturated rings. The van der Waals surface area contributed by atoms with Gasteiger partial charge in [-0.3, -0.25) is 9.59 Å². The molecule has 14 heteroatoms. The van der Waals surface area contributed by atoms with Crippen molar-refractivity contribution in [2.75, 3.05) is 55.8 Å². The number of amides is 2. The van der Waals surface area contributed by atoms with Crippen LogP contribution in [0, 0.1) is 0 Å². The number of fused-ring (bicyclic) bond motifs is 1. The molecule has 1 aromatic carbocycles. The van der Waals surface area contributed by atoms with Gasteiger partial charge < -0.3 is 29.2 Å². The molecule has 242 valence electrons. The molecule has 0 radical (unpaired) electrons. The molecule has 1 saturated heterocycles. The molecule has 0 aliphatic carbocycles. The van der Waals surface area contributed by atoms with E-state index in [0.29, 0.717) is 85.4 Å². The number of carbonyl (C=O) groups is 2. The third-order valence-electron chi connectivity index (χ3n) is 7.47. The number of thioether (sulfide) groups is 1. The van der Waals surface area contributed by atoms with Crippen molar-refractivity contribution < 1.29 is 23.2 Å². The molecule has 0 bridgehead atoms. The van der Waals surface area contributed by atoms with E-state index in [0.717, 1.165) is 18.4 Å². The van der Waals surface area contributed by atoms with E-state index in [2.05, 4.69) is 10.4 Å². The summed E-state index contributed by atoms with van der Waals surface area (Å²) in [7, 11) is 0. The molecule has 0 saturated carbocycles. The Bertz CT molecular complexity index is 1780. The lowest BCUT2D eigenvalue weighted by Crippen LogP contribution is -2.51. The van der Waals surface area contributed by atoms with Crippen LogP contribution >= 0.6 is 23.4 Å². The molecule has 3 aromatic rings. The van der Waals surface area contributed by atoms with Gasteiger partial charge in [0.25, 0.3) is 5.56 Å². The second kappa shape index (κ2) is 13.8. The van der Waals surface area contributed by atoms with Gasteiger partial charge in [-0.05, 0) is 64.4 Å². The van der Waals surface area contributed by atoms with Gasteiger partial charge in [0.1, 0.15) is 17.8 Å². The number of allylic oxidation sites excluding steroid dienone is 1. The Morgan fingerprint density at radius 1 is 1.22 bits per heavy atom. The Hall–Kier alpha value is -3.55. The molecule has 5 rings (SSSR count). The number of aromatic nitrogens is 4. The van der Waals surface area contributed by atoms with Crippen molar-refractivity contribution in [3.05, 3.63) is 51.2 Å². The van der Waals surface area contributed by atoms with Crippen LogP contribution in [0.1, 0.15) is 56.2 Å². The number of carbonyl (C=O) groups excluding carboxylic acids is 2. The number of benzene rings is 1. The number of ether oxygens (including phenoxy) is 2. The van der Waals surface area contributed by atoms with Crippen molar-refractivity contribution in [3.8, 4) is 0 Å². The topological polar surface area (TPSA) is 123 Å². The number of halogens is 1. The molecule has 2 aliphatic rings. The highest BCUT2D eigenvalue weighted by atomic mass is 35.5. The smallest absolute Gasteiger partial charge is 0.410 e. The summed E-state index contributed by atoms with van der Waals surface area (Å²) in [4.78, 5) is 49.2. The molecule has 2 amide bonds. The Morgan fingerprint density at radius 2 is 2.00 bits per heavy atom. The fourth-order valence-electron chi connectivity index (χ4n) is 5.36. The second-order valence-electron chi connectivity index (χ2n) is 11.9. The number of piperazine rings is 1. The van der Waals surface area contributed by atoms with E-state index < -0.39 is 23.8 Å². The predicted molar refractivity (Wildman–Crippen MR) is 177 cm³/mol. The van der Waals surface area contributed by atoms with Gasteiger partial charge in [0.15, 0.2) is 5.82 Å². The Balaban J connectivity index is 1.50. The average molecular weight is 661 g/mol. The molecule has 2 aliphatic heterocycles. The van der Waals surface area contributed by atoms with E-state index >= 15 is 0 Å². The van der Waals surface area contributed by atoms with Gasteiger partial charge in [-0.1, -0.05) is 24.6 Å². The van der Waals surface area contributed by atoms with Crippen molar-refractivity contribution in [1.82, 2.24) is 24.1 Å². The van der Waals surface area contributed by atoms with Crippen molar-refractivity contribution in [2.45, 2.75) is 64.0 Å². The summed E-state index contributed by atoms with van der Waals surface area (Å²) in [5.41, 5.74) is 1.05. The molecule has 1 N–H and O–H groups in total. The van der Waals surface area contributed by atoms with Gasteiger partial charge in [-0.15, -0.1) is 16.9 Å². The minimum absolute atomic E-state index is 0.187. The number of nitrogens with zero attached hydrogens (tertiary/aromatic N) is 6. The summed E-state index contributed by atoms with van der Waals surface area (Å²) in [6, 6.07) is 4.63. The molecule has 0 spiro atoms. The fraction of sp³-hybridized carbons (Fsp3) is 0.516. The first-order valence-corrected chi connectivity index (χ1v) is 16.1. The van der Waals surface area contributed by atoms with Crippen molar-refractivity contribution in [2.24, 2.45) is 0 Å². The Labute approximate surface area is 275 Å². The van der Waals surface area contributed by atoms with E-state index in [1.165, 1.54) is 10.6 Å². The zero-order valence-corrected chi connectivity index (χ0v) is 27.5. The lowest BCUT2D eigenvalue weighted by Gasteiger charge is -2.37. The second-order valence-corrected chi connectivity index (χ2v) is 12.9. The van der Waals surface area contributed by atoms with Crippen molar-refractivity contribution >= 4 is 58.1 Å². The minimum atomic E-state index is -2.24. The Morgan fingerprint density at radius 3 is 2.69 bits per heavy atom. The SMILES string of the molecule is [2H]C([2H])([2H])Sc1ccc(NC(=O)Cn2c(CC)c(N3CCN(C(=O)OC(C)(C)C)CC3)c(=O)n3nc(C4=CCCCOC4)nc23)c(Cl)c1.